The molecule has 2 N–H and O–H groups in total. The van der Waals surface area contributed by atoms with Gasteiger partial charge in [0, 0.05) is 31.7 Å². The highest BCUT2D eigenvalue weighted by Gasteiger charge is 2.26. The minimum atomic E-state index is -3.64. The zero-order chi connectivity index (χ0) is 23.4. The number of benzene rings is 2. The number of hydrogen-bond acceptors (Lipinski definition) is 5. The molecule has 2 unspecified atom stereocenters. The van der Waals surface area contributed by atoms with Gasteiger partial charge in [-0.3, -0.25) is 4.90 Å². The molecule has 0 saturated carbocycles. The van der Waals surface area contributed by atoms with E-state index in [0.717, 1.165) is 42.7 Å². The molecule has 2 heterocycles. The second-order valence-corrected chi connectivity index (χ2v) is 11.6. The van der Waals surface area contributed by atoms with Gasteiger partial charge in [0.2, 0.25) is 10.0 Å². The molecule has 1 saturated heterocycles. The topological polar surface area (TPSA) is 61.4 Å². The molecule has 2 aromatic carbocycles. The smallest absolute Gasteiger partial charge is 0.240 e. The van der Waals surface area contributed by atoms with E-state index in [2.05, 4.69) is 46.1 Å². The predicted octanol–water partition coefficient (Wildman–Crippen LogP) is 5.65. The summed E-state index contributed by atoms with van der Waals surface area (Å²) < 4.78 is 28.1. The van der Waals surface area contributed by atoms with Gasteiger partial charge in [0.15, 0.2) is 0 Å². The Kier molecular flexibility index (Phi) is 7.76. The van der Waals surface area contributed by atoms with Gasteiger partial charge >= 0.3 is 0 Å². The standard InChI is InChI=1S/C25H30ClN3O2S2/c1-18-16-32-17-21(18)14-27-33(30,31)23-8-9-25(24(26)13-23)28-22-10-11-29(19(2)12-22)15-20-6-4-3-5-7-20/h3-9,13,16-17,19,22,27-28H,10-12,14-15H2,1-2H3. The summed E-state index contributed by atoms with van der Waals surface area (Å²) in [6.07, 6.45) is 2.01. The number of halogens is 1. The monoisotopic (exact) mass is 503 g/mol. The Hall–Kier alpha value is -1.90. The van der Waals surface area contributed by atoms with Crippen LogP contribution >= 0.6 is 22.9 Å². The SMILES string of the molecule is Cc1cscc1CNS(=O)(=O)c1ccc(NC2CCN(Cc3ccccc3)C(C)C2)c(Cl)c1. The van der Waals surface area contributed by atoms with Crippen LogP contribution in [0.1, 0.15) is 36.5 Å². The van der Waals surface area contributed by atoms with Crippen LogP contribution in [0.25, 0.3) is 0 Å². The van der Waals surface area contributed by atoms with E-state index in [1.54, 1.807) is 23.5 Å². The Morgan fingerprint density at radius 1 is 1.15 bits per heavy atom. The molecule has 8 heteroatoms. The van der Waals surface area contributed by atoms with E-state index in [9.17, 15) is 8.42 Å². The van der Waals surface area contributed by atoms with E-state index >= 15 is 0 Å². The van der Waals surface area contributed by atoms with Gasteiger partial charge in [-0.05, 0) is 72.3 Å². The number of sulfonamides is 1. The highest BCUT2D eigenvalue weighted by atomic mass is 35.5. The van der Waals surface area contributed by atoms with Crippen LogP contribution < -0.4 is 10.0 Å². The third-order valence-corrected chi connectivity index (χ3v) is 8.89. The summed E-state index contributed by atoms with van der Waals surface area (Å²) in [7, 11) is -3.64. The molecule has 4 rings (SSSR count). The maximum absolute atomic E-state index is 12.7. The number of hydrogen-bond donors (Lipinski definition) is 2. The van der Waals surface area contributed by atoms with Crippen LogP contribution in [-0.2, 0) is 23.1 Å². The van der Waals surface area contributed by atoms with E-state index in [0.29, 0.717) is 17.1 Å². The molecule has 1 fully saturated rings. The van der Waals surface area contributed by atoms with Gasteiger partial charge in [0.05, 0.1) is 15.6 Å². The first-order valence-electron chi connectivity index (χ1n) is 11.2. The number of thiophene rings is 1. The molecule has 176 valence electrons. The van der Waals surface area contributed by atoms with Crippen molar-refractivity contribution in [2.24, 2.45) is 0 Å². The summed E-state index contributed by atoms with van der Waals surface area (Å²) in [5, 5.41) is 7.92. The van der Waals surface area contributed by atoms with E-state index in [4.69, 9.17) is 11.6 Å². The quantitative estimate of drug-likeness (QED) is 0.416. The number of nitrogens with one attached hydrogen (secondary N) is 2. The molecule has 1 aromatic heterocycles. The molecule has 1 aliphatic rings. The fourth-order valence-corrected chi connectivity index (χ4v) is 6.42. The third-order valence-electron chi connectivity index (χ3n) is 6.27. The van der Waals surface area contributed by atoms with Crippen LogP contribution in [-0.4, -0.2) is 31.9 Å². The Morgan fingerprint density at radius 3 is 2.61 bits per heavy atom. The number of piperidine rings is 1. The van der Waals surface area contributed by atoms with Crippen molar-refractivity contribution in [3.8, 4) is 0 Å². The van der Waals surface area contributed by atoms with E-state index < -0.39 is 10.0 Å². The summed E-state index contributed by atoms with van der Waals surface area (Å²) in [4.78, 5) is 2.68. The fraction of sp³-hybridized carbons (Fsp3) is 0.360. The van der Waals surface area contributed by atoms with E-state index in [1.165, 1.54) is 11.6 Å². The number of likely N-dealkylation sites (tertiary alicyclic amines) is 1. The van der Waals surface area contributed by atoms with Crippen molar-refractivity contribution in [1.82, 2.24) is 9.62 Å². The first-order chi connectivity index (χ1) is 15.8. The average molecular weight is 504 g/mol. The molecule has 0 spiro atoms. The average Bonchev–Trinajstić information content (AvgIpc) is 3.21. The lowest BCUT2D eigenvalue weighted by molar-refractivity contribution is 0.144. The molecule has 2 atom stereocenters. The molecular weight excluding hydrogens is 474 g/mol. The highest BCUT2D eigenvalue weighted by Crippen LogP contribution is 2.29. The largest absolute Gasteiger partial charge is 0.381 e. The Labute approximate surface area is 205 Å². The predicted molar refractivity (Wildman–Crippen MR) is 137 cm³/mol. The number of aryl methyl sites for hydroxylation is 1. The number of rotatable bonds is 8. The van der Waals surface area contributed by atoms with Crippen molar-refractivity contribution < 1.29 is 8.42 Å². The molecule has 0 aliphatic carbocycles. The van der Waals surface area contributed by atoms with Gasteiger partial charge in [0.1, 0.15) is 0 Å². The van der Waals surface area contributed by atoms with Crippen LogP contribution in [0.15, 0.2) is 64.2 Å². The normalized spacial score (nSPS) is 19.5. The molecule has 0 bridgehead atoms. The zero-order valence-electron chi connectivity index (χ0n) is 18.9. The Balaban J connectivity index is 1.35. The second kappa shape index (κ2) is 10.6. The molecule has 0 amide bonds. The van der Waals surface area contributed by atoms with Crippen LogP contribution in [0.2, 0.25) is 5.02 Å². The third kappa shape index (κ3) is 6.16. The van der Waals surface area contributed by atoms with Gasteiger partial charge < -0.3 is 5.32 Å². The number of nitrogens with zero attached hydrogens (tertiary/aromatic N) is 1. The maximum Gasteiger partial charge on any atom is 0.240 e. The lowest BCUT2D eigenvalue weighted by Gasteiger charge is -2.38. The maximum atomic E-state index is 12.7. The van der Waals surface area contributed by atoms with Gasteiger partial charge in [0.25, 0.3) is 0 Å². The minimum Gasteiger partial charge on any atom is -0.381 e. The fourth-order valence-electron chi connectivity index (χ4n) is 4.23. The Bertz CT molecular complexity index is 1180. The van der Waals surface area contributed by atoms with Crippen LogP contribution in [0.3, 0.4) is 0 Å². The summed E-state index contributed by atoms with van der Waals surface area (Å²) in [6, 6.07) is 16.2. The number of anilines is 1. The summed E-state index contributed by atoms with van der Waals surface area (Å²) in [5.74, 6) is 0. The van der Waals surface area contributed by atoms with Crippen molar-refractivity contribution in [3.63, 3.8) is 0 Å². The summed E-state index contributed by atoms with van der Waals surface area (Å²) in [5.41, 5.74) is 4.18. The van der Waals surface area contributed by atoms with Gasteiger partial charge in [-0.15, -0.1) is 0 Å². The van der Waals surface area contributed by atoms with Crippen LogP contribution in [0.4, 0.5) is 5.69 Å². The summed E-state index contributed by atoms with van der Waals surface area (Å²) >= 11 is 8.06. The highest BCUT2D eigenvalue weighted by molar-refractivity contribution is 7.89. The van der Waals surface area contributed by atoms with E-state index in [1.807, 2.05) is 23.8 Å². The van der Waals surface area contributed by atoms with Crippen molar-refractivity contribution in [2.45, 2.75) is 56.8 Å². The van der Waals surface area contributed by atoms with Crippen molar-refractivity contribution in [1.29, 1.82) is 0 Å². The second-order valence-electron chi connectivity index (χ2n) is 8.72. The molecule has 5 nitrogen and oxygen atoms in total. The lowest BCUT2D eigenvalue weighted by atomic mass is 9.97. The molecule has 3 aromatic rings. The molecule has 0 radical (unpaired) electrons. The zero-order valence-corrected chi connectivity index (χ0v) is 21.3. The lowest BCUT2D eigenvalue weighted by Crippen LogP contribution is -2.44. The minimum absolute atomic E-state index is 0.178. The van der Waals surface area contributed by atoms with Gasteiger partial charge in [-0.2, -0.15) is 11.3 Å². The van der Waals surface area contributed by atoms with Crippen LogP contribution in [0.5, 0.6) is 0 Å². The van der Waals surface area contributed by atoms with Crippen molar-refractivity contribution >= 4 is 38.6 Å². The van der Waals surface area contributed by atoms with E-state index in [-0.39, 0.29) is 11.4 Å². The van der Waals surface area contributed by atoms with Gasteiger partial charge in [-0.1, -0.05) is 41.9 Å². The first kappa shape index (κ1) is 24.2. The Morgan fingerprint density at radius 2 is 1.94 bits per heavy atom. The van der Waals surface area contributed by atoms with Crippen molar-refractivity contribution in [3.05, 3.63) is 81.0 Å². The molecule has 1 aliphatic heterocycles. The molecular formula is C25H30ClN3O2S2. The summed E-state index contributed by atoms with van der Waals surface area (Å²) in [6.45, 7) is 6.47. The first-order valence-corrected chi connectivity index (χ1v) is 14.0. The van der Waals surface area contributed by atoms with Crippen LogP contribution in [0, 0.1) is 6.92 Å². The van der Waals surface area contributed by atoms with Crippen molar-refractivity contribution in [2.75, 3.05) is 11.9 Å². The van der Waals surface area contributed by atoms with Gasteiger partial charge in [-0.25, -0.2) is 13.1 Å². The molecule has 33 heavy (non-hydrogen) atoms.